The first-order valence-corrected chi connectivity index (χ1v) is 7.99. The van der Waals surface area contributed by atoms with Gasteiger partial charge < -0.3 is 0 Å². The van der Waals surface area contributed by atoms with Gasteiger partial charge in [0.05, 0.1) is 0 Å². The van der Waals surface area contributed by atoms with Crippen LogP contribution in [0.4, 0.5) is 0 Å². The van der Waals surface area contributed by atoms with Gasteiger partial charge in [0.25, 0.3) is 0 Å². The van der Waals surface area contributed by atoms with E-state index in [9.17, 15) is 0 Å². The SMILES string of the molecule is [Fe+2].[Fe+2].c1cc[c-](P[c-]2cccc2)c1.c1cc[cH-]c1.c1cc[cH-]c1. The maximum atomic E-state index is 2.17. The van der Waals surface area contributed by atoms with Gasteiger partial charge >= 0.3 is 34.1 Å². The molecule has 0 atom stereocenters. The molecule has 0 aliphatic carbocycles. The molecule has 120 valence electrons. The molecular formula is C20H19Fe2P. The van der Waals surface area contributed by atoms with E-state index >= 15 is 0 Å². The number of rotatable bonds is 2. The van der Waals surface area contributed by atoms with Gasteiger partial charge in [-0.1, -0.05) is 0 Å². The first kappa shape index (κ1) is 21.9. The molecule has 23 heavy (non-hydrogen) atoms. The van der Waals surface area contributed by atoms with Crippen molar-refractivity contribution in [3.05, 3.63) is 109 Å². The number of hydrogen-bond donors (Lipinski definition) is 0. The fraction of sp³-hybridized carbons (Fsp3) is 0. The van der Waals surface area contributed by atoms with Crippen molar-refractivity contribution in [3.63, 3.8) is 0 Å². The van der Waals surface area contributed by atoms with E-state index in [1.54, 1.807) is 0 Å². The van der Waals surface area contributed by atoms with Crippen LogP contribution in [0.1, 0.15) is 0 Å². The molecule has 4 aromatic carbocycles. The molecule has 4 rings (SSSR count). The Labute approximate surface area is 162 Å². The Morgan fingerprint density at radius 1 is 0.478 bits per heavy atom. The Balaban J connectivity index is 0.000000342. The second-order valence-electron chi connectivity index (χ2n) is 4.40. The summed E-state index contributed by atoms with van der Waals surface area (Å²) in [6.07, 6.45) is 0. The Kier molecular flexibility index (Phi) is 13.7. The predicted molar refractivity (Wildman–Crippen MR) is 95.7 cm³/mol. The van der Waals surface area contributed by atoms with E-state index in [2.05, 4.69) is 48.5 Å². The van der Waals surface area contributed by atoms with E-state index in [-0.39, 0.29) is 34.1 Å². The average Bonchev–Trinajstić information content (AvgIpc) is 3.30. The van der Waals surface area contributed by atoms with Gasteiger partial charge in [-0.05, 0) is 0 Å². The fourth-order valence-electron chi connectivity index (χ4n) is 1.72. The third kappa shape index (κ3) is 10.3. The second kappa shape index (κ2) is 14.5. The quantitative estimate of drug-likeness (QED) is 0.262. The van der Waals surface area contributed by atoms with Gasteiger partial charge in [0.2, 0.25) is 0 Å². The summed E-state index contributed by atoms with van der Waals surface area (Å²) in [5.41, 5.74) is 0. The molecule has 0 nitrogen and oxygen atoms in total. The molecule has 3 heteroatoms. The maximum absolute atomic E-state index is 2.17. The minimum absolute atomic E-state index is 0. The van der Waals surface area contributed by atoms with E-state index in [0.29, 0.717) is 0 Å². The number of hydrogen-bond acceptors (Lipinski definition) is 0. The molecule has 0 heterocycles. The zero-order valence-electron chi connectivity index (χ0n) is 12.6. The van der Waals surface area contributed by atoms with Crippen molar-refractivity contribution in [3.8, 4) is 0 Å². The molecule has 0 amide bonds. The third-order valence-electron chi connectivity index (χ3n) is 2.73. The van der Waals surface area contributed by atoms with Gasteiger partial charge in [-0.3, -0.25) is 0 Å². The molecule has 0 unspecified atom stereocenters. The Bertz CT molecular complexity index is 525. The molecule has 0 saturated carbocycles. The predicted octanol–water partition coefficient (Wildman–Crippen LogP) is 4.56. The van der Waals surface area contributed by atoms with Crippen molar-refractivity contribution >= 4 is 19.2 Å². The van der Waals surface area contributed by atoms with Gasteiger partial charge in [0.1, 0.15) is 0 Å². The Morgan fingerprint density at radius 3 is 1.00 bits per heavy atom. The standard InChI is InChI=1S/C10H9P.2C5H5.2Fe/c1-2-6-9(5-1)11-10-7-3-4-8-10;2*1-2-4-5-3-1;;/h1-8,11H;2*1-5H;;/q-2;2*-1;2*+2. The van der Waals surface area contributed by atoms with Gasteiger partial charge in [0.15, 0.2) is 0 Å². The van der Waals surface area contributed by atoms with E-state index in [1.807, 2.05) is 60.7 Å². The summed E-state index contributed by atoms with van der Waals surface area (Å²) in [7, 11) is 0.826. The normalized spacial score (nSPS) is 8.35. The van der Waals surface area contributed by atoms with Crippen LogP contribution in [0.2, 0.25) is 0 Å². The molecule has 0 spiro atoms. The largest absolute Gasteiger partial charge is 2.00 e. The molecule has 0 aliphatic heterocycles. The van der Waals surface area contributed by atoms with Crippen molar-refractivity contribution < 1.29 is 34.1 Å². The molecule has 0 saturated heterocycles. The van der Waals surface area contributed by atoms with E-state index in [0.717, 1.165) is 8.58 Å². The zero-order valence-corrected chi connectivity index (χ0v) is 15.8. The van der Waals surface area contributed by atoms with Crippen LogP contribution in [0, 0.1) is 0 Å². The molecule has 0 N–H and O–H groups in total. The Hall–Kier alpha value is -1.13. The smallest absolute Gasteiger partial charge is 0.214 e. The summed E-state index contributed by atoms with van der Waals surface area (Å²) in [4.78, 5) is 0. The van der Waals surface area contributed by atoms with E-state index in [1.165, 1.54) is 10.6 Å². The van der Waals surface area contributed by atoms with Crippen LogP contribution in [0.5, 0.6) is 0 Å². The van der Waals surface area contributed by atoms with Crippen LogP contribution in [0.15, 0.2) is 109 Å². The van der Waals surface area contributed by atoms with Crippen molar-refractivity contribution in [2.45, 2.75) is 0 Å². The summed E-state index contributed by atoms with van der Waals surface area (Å²) >= 11 is 0. The van der Waals surface area contributed by atoms with Gasteiger partial charge in [0, 0.05) is 0 Å². The average molecular weight is 402 g/mol. The first-order chi connectivity index (χ1) is 10.4. The van der Waals surface area contributed by atoms with Crippen molar-refractivity contribution in [2.75, 3.05) is 0 Å². The van der Waals surface area contributed by atoms with Crippen molar-refractivity contribution in [1.82, 2.24) is 0 Å². The maximum Gasteiger partial charge on any atom is 2.00 e. The van der Waals surface area contributed by atoms with Gasteiger partial charge in [-0.2, -0.15) is 69.2 Å². The Morgan fingerprint density at radius 2 is 0.783 bits per heavy atom. The topological polar surface area (TPSA) is 0 Å². The summed E-state index contributed by atoms with van der Waals surface area (Å²) < 4.78 is 0. The molecule has 0 bridgehead atoms. The molecular weight excluding hydrogens is 383 g/mol. The van der Waals surface area contributed by atoms with Crippen LogP contribution in [-0.2, 0) is 34.1 Å². The van der Waals surface area contributed by atoms with E-state index < -0.39 is 0 Å². The van der Waals surface area contributed by atoms with Crippen LogP contribution in [-0.4, -0.2) is 0 Å². The minimum Gasteiger partial charge on any atom is -0.214 e. The summed E-state index contributed by atoms with van der Waals surface area (Å²) in [6, 6.07) is 37.0. The van der Waals surface area contributed by atoms with Crippen molar-refractivity contribution in [1.29, 1.82) is 0 Å². The monoisotopic (exact) mass is 402 g/mol. The molecule has 0 aliphatic rings. The summed E-state index contributed by atoms with van der Waals surface area (Å²) in [5, 5.41) is 2.85. The summed E-state index contributed by atoms with van der Waals surface area (Å²) in [6.45, 7) is 0. The van der Waals surface area contributed by atoms with Crippen LogP contribution >= 0.6 is 8.58 Å². The van der Waals surface area contributed by atoms with Crippen LogP contribution in [0.25, 0.3) is 0 Å². The van der Waals surface area contributed by atoms with Crippen LogP contribution < -0.4 is 10.6 Å². The van der Waals surface area contributed by atoms with E-state index in [4.69, 9.17) is 0 Å². The zero-order chi connectivity index (χ0) is 14.6. The van der Waals surface area contributed by atoms with Crippen LogP contribution in [0.3, 0.4) is 0 Å². The molecule has 0 fully saturated rings. The van der Waals surface area contributed by atoms with Gasteiger partial charge in [-0.25, -0.2) is 48.5 Å². The molecule has 0 aromatic heterocycles. The molecule has 4 aromatic rings. The van der Waals surface area contributed by atoms with Gasteiger partial charge in [-0.15, -0.1) is 10.6 Å². The minimum atomic E-state index is 0. The van der Waals surface area contributed by atoms with Crippen molar-refractivity contribution in [2.24, 2.45) is 0 Å². The second-order valence-corrected chi connectivity index (χ2v) is 5.80. The first-order valence-electron chi connectivity index (χ1n) is 6.99. The third-order valence-corrected chi connectivity index (χ3v) is 3.97. The molecule has 0 radical (unpaired) electrons. The fourth-order valence-corrected chi connectivity index (χ4v) is 2.77. The summed E-state index contributed by atoms with van der Waals surface area (Å²) in [5.74, 6) is 0.